The molecular weight excluding hydrogens is 382 g/mol. The van der Waals surface area contributed by atoms with Crippen molar-refractivity contribution >= 4 is 17.3 Å². The normalized spacial score (nSPS) is 20.2. The molecule has 1 aromatic carbocycles. The molecule has 2 fully saturated rings. The van der Waals surface area contributed by atoms with Crippen LogP contribution < -0.4 is 5.32 Å². The summed E-state index contributed by atoms with van der Waals surface area (Å²) >= 11 is 5.60. The van der Waals surface area contributed by atoms with E-state index in [4.69, 9.17) is 22.1 Å². The first kappa shape index (κ1) is 20.3. The van der Waals surface area contributed by atoms with Crippen LogP contribution in [-0.2, 0) is 11.3 Å². The lowest BCUT2D eigenvalue weighted by Gasteiger charge is -2.36. The Balaban J connectivity index is 1.30. The molecular formula is C22H31N5OS. The summed E-state index contributed by atoms with van der Waals surface area (Å²) in [7, 11) is 0. The van der Waals surface area contributed by atoms with E-state index >= 15 is 0 Å². The molecule has 29 heavy (non-hydrogen) atoms. The summed E-state index contributed by atoms with van der Waals surface area (Å²) in [5, 5.41) is 9.05. The Morgan fingerprint density at radius 3 is 2.62 bits per heavy atom. The molecule has 1 N–H and O–H groups in total. The van der Waals surface area contributed by atoms with Crippen molar-refractivity contribution in [3.05, 3.63) is 47.3 Å². The number of rotatable bonds is 5. The lowest BCUT2D eigenvalue weighted by Crippen LogP contribution is -2.52. The molecule has 0 amide bonds. The second-order valence-corrected chi connectivity index (χ2v) is 8.37. The zero-order chi connectivity index (χ0) is 20.2. The number of hydrogen-bond donors (Lipinski definition) is 1. The van der Waals surface area contributed by atoms with Crippen LogP contribution in [-0.4, -0.2) is 70.1 Å². The minimum atomic E-state index is 0.321. The first-order chi connectivity index (χ1) is 14.1. The lowest BCUT2D eigenvalue weighted by molar-refractivity contribution is 0.112. The van der Waals surface area contributed by atoms with Crippen LogP contribution >= 0.6 is 12.2 Å². The molecule has 0 saturated carbocycles. The molecule has 0 radical (unpaired) electrons. The molecule has 4 rings (SSSR count). The average Bonchev–Trinajstić information content (AvgIpc) is 3.37. The van der Waals surface area contributed by atoms with Crippen LogP contribution in [0.3, 0.4) is 0 Å². The number of hydrogen-bond acceptors (Lipinski definition) is 4. The third kappa shape index (κ3) is 4.79. The van der Waals surface area contributed by atoms with Crippen molar-refractivity contribution in [1.82, 2.24) is 24.9 Å². The Bertz CT molecular complexity index is 823. The highest BCUT2D eigenvalue weighted by Crippen LogP contribution is 2.20. The van der Waals surface area contributed by atoms with Gasteiger partial charge in [-0.15, -0.1) is 0 Å². The Morgan fingerprint density at radius 1 is 1.17 bits per heavy atom. The van der Waals surface area contributed by atoms with Crippen LogP contribution in [0.4, 0.5) is 0 Å². The van der Waals surface area contributed by atoms with Crippen molar-refractivity contribution in [2.24, 2.45) is 0 Å². The summed E-state index contributed by atoms with van der Waals surface area (Å²) in [4.78, 5) is 4.79. The van der Waals surface area contributed by atoms with Gasteiger partial charge in [0.15, 0.2) is 5.11 Å². The smallest absolute Gasteiger partial charge is 0.169 e. The van der Waals surface area contributed by atoms with E-state index in [2.05, 4.69) is 57.9 Å². The lowest BCUT2D eigenvalue weighted by atomic mass is 10.1. The highest BCUT2D eigenvalue weighted by Gasteiger charge is 2.23. The van der Waals surface area contributed by atoms with Gasteiger partial charge in [-0.25, -0.2) is 4.68 Å². The van der Waals surface area contributed by atoms with Crippen LogP contribution in [0, 0.1) is 13.8 Å². The third-order valence-corrected chi connectivity index (χ3v) is 6.39. The van der Waals surface area contributed by atoms with Crippen molar-refractivity contribution < 1.29 is 4.74 Å². The van der Waals surface area contributed by atoms with Gasteiger partial charge in [0, 0.05) is 57.1 Å². The highest BCUT2D eigenvalue weighted by atomic mass is 32.1. The maximum atomic E-state index is 5.67. The first-order valence-electron chi connectivity index (χ1n) is 10.6. The zero-order valence-electron chi connectivity index (χ0n) is 17.4. The van der Waals surface area contributed by atoms with Crippen LogP contribution in [0.5, 0.6) is 0 Å². The van der Waals surface area contributed by atoms with Crippen molar-refractivity contribution in [1.29, 1.82) is 0 Å². The summed E-state index contributed by atoms with van der Waals surface area (Å²) in [6.45, 7) is 10.9. The first-order valence-corrected chi connectivity index (χ1v) is 11.0. The maximum Gasteiger partial charge on any atom is 0.169 e. The topological polar surface area (TPSA) is 45.6 Å². The van der Waals surface area contributed by atoms with Crippen molar-refractivity contribution in [2.75, 3.05) is 39.3 Å². The summed E-state index contributed by atoms with van der Waals surface area (Å²) < 4.78 is 7.73. The number of nitrogens with one attached hydrogen (secondary N) is 1. The number of thiocarbonyl (C=S) groups is 1. The molecule has 2 aliphatic heterocycles. The average molecular weight is 414 g/mol. The highest BCUT2D eigenvalue weighted by molar-refractivity contribution is 7.80. The fraction of sp³-hybridized carbons (Fsp3) is 0.545. The molecule has 2 saturated heterocycles. The molecule has 156 valence electrons. The molecule has 0 spiro atoms. The van der Waals surface area contributed by atoms with Gasteiger partial charge in [-0.3, -0.25) is 4.90 Å². The van der Waals surface area contributed by atoms with Crippen LogP contribution in [0.25, 0.3) is 5.69 Å². The SMILES string of the molecule is Cc1nn(-c2ccccc2)c(C)c1CN1CCN(C(=S)NCC2CCCO2)CC1. The van der Waals surface area contributed by atoms with E-state index in [1.54, 1.807) is 0 Å². The maximum absolute atomic E-state index is 5.67. The van der Waals surface area contributed by atoms with Crippen molar-refractivity contribution in [2.45, 2.75) is 39.3 Å². The molecule has 7 heteroatoms. The summed E-state index contributed by atoms with van der Waals surface area (Å²) in [6.07, 6.45) is 2.62. The molecule has 1 aromatic heterocycles. The van der Waals surface area contributed by atoms with E-state index in [0.717, 1.165) is 75.2 Å². The molecule has 2 aliphatic rings. The van der Waals surface area contributed by atoms with Crippen LogP contribution in [0.2, 0.25) is 0 Å². The number of nitrogens with zero attached hydrogens (tertiary/aromatic N) is 4. The van der Waals surface area contributed by atoms with Gasteiger partial charge in [0.05, 0.1) is 17.5 Å². The van der Waals surface area contributed by atoms with E-state index in [1.165, 1.54) is 11.3 Å². The number of para-hydroxylation sites is 1. The van der Waals surface area contributed by atoms with Crippen LogP contribution in [0.1, 0.15) is 29.8 Å². The van der Waals surface area contributed by atoms with E-state index in [-0.39, 0.29) is 0 Å². The predicted molar refractivity (Wildman–Crippen MR) is 119 cm³/mol. The number of aromatic nitrogens is 2. The summed E-state index contributed by atoms with van der Waals surface area (Å²) in [5.74, 6) is 0. The van der Waals surface area contributed by atoms with E-state index in [0.29, 0.717) is 6.10 Å². The molecule has 0 aliphatic carbocycles. The fourth-order valence-corrected chi connectivity index (χ4v) is 4.44. The number of benzene rings is 1. The third-order valence-electron chi connectivity index (χ3n) is 5.99. The zero-order valence-corrected chi connectivity index (χ0v) is 18.2. The molecule has 0 bridgehead atoms. The summed E-state index contributed by atoms with van der Waals surface area (Å²) in [5.41, 5.74) is 4.79. The van der Waals surface area contributed by atoms with Crippen molar-refractivity contribution in [3.63, 3.8) is 0 Å². The van der Waals surface area contributed by atoms with Gasteiger partial charge in [0.2, 0.25) is 0 Å². The molecule has 2 aromatic rings. The second-order valence-electron chi connectivity index (χ2n) is 7.98. The predicted octanol–water partition coefficient (Wildman–Crippen LogP) is 2.66. The number of piperazine rings is 1. The Morgan fingerprint density at radius 2 is 1.93 bits per heavy atom. The number of ether oxygens (including phenoxy) is 1. The standard InChI is InChI=1S/C22H31N5OS/c1-17-21(18(2)27(24-17)19-7-4-3-5-8-19)16-25-10-12-26(13-11-25)22(29)23-15-20-9-6-14-28-20/h3-5,7-8,20H,6,9-16H2,1-2H3,(H,23,29). The van der Waals surface area contributed by atoms with Gasteiger partial charge < -0.3 is 15.0 Å². The fourth-order valence-electron chi connectivity index (χ4n) is 4.18. The van der Waals surface area contributed by atoms with Crippen LogP contribution in [0.15, 0.2) is 30.3 Å². The van der Waals surface area contributed by atoms with Crippen molar-refractivity contribution in [3.8, 4) is 5.69 Å². The van der Waals surface area contributed by atoms with E-state index < -0.39 is 0 Å². The van der Waals surface area contributed by atoms with Gasteiger partial charge in [0.1, 0.15) is 0 Å². The minimum absolute atomic E-state index is 0.321. The van der Waals surface area contributed by atoms with Gasteiger partial charge in [0.25, 0.3) is 0 Å². The molecule has 3 heterocycles. The summed E-state index contributed by atoms with van der Waals surface area (Å²) in [6, 6.07) is 10.4. The van der Waals surface area contributed by atoms with E-state index in [1.807, 2.05) is 6.07 Å². The Kier molecular flexibility index (Phi) is 6.47. The monoisotopic (exact) mass is 413 g/mol. The second kappa shape index (κ2) is 9.24. The van der Waals surface area contributed by atoms with Gasteiger partial charge in [-0.2, -0.15) is 5.10 Å². The number of aryl methyl sites for hydroxylation is 1. The molecule has 6 nitrogen and oxygen atoms in total. The largest absolute Gasteiger partial charge is 0.376 e. The van der Waals surface area contributed by atoms with E-state index in [9.17, 15) is 0 Å². The Labute approximate surface area is 178 Å². The Hall–Kier alpha value is -1.96. The van der Waals surface area contributed by atoms with Gasteiger partial charge in [-0.1, -0.05) is 18.2 Å². The quantitative estimate of drug-likeness (QED) is 0.761. The van der Waals surface area contributed by atoms with Gasteiger partial charge >= 0.3 is 0 Å². The van der Waals surface area contributed by atoms with Gasteiger partial charge in [-0.05, 0) is 51.0 Å². The molecule has 1 unspecified atom stereocenters. The minimum Gasteiger partial charge on any atom is -0.376 e. The molecule has 1 atom stereocenters.